The number of anilines is 1. The van der Waals surface area contributed by atoms with Gasteiger partial charge in [-0.1, -0.05) is 12.5 Å². The van der Waals surface area contributed by atoms with E-state index in [2.05, 4.69) is 25.5 Å². The third kappa shape index (κ3) is 4.96. The number of pyridine rings is 2. The molecule has 1 aromatic carbocycles. The van der Waals surface area contributed by atoms with E-state index in [4.69, 9.17) is 0 Å². The summed E-state index contributed by atoms with van der Waals surface area (Å²) in [5.74, 6) is -0.0246. The Morgan fingerprint density at radius 3 is 2.56 bits per heavy atom. The average Bonchev–Trinajstić information content (AvgIpc) is 2.79. The molecule has 2 aromatic heterocycles. The van der Waals surface area contributed by atoms with Crippen molar-refractivity contribution in [3.8, 4) is 0 Å². The number of hydrogen-bond donors (Lipinski definition) is 3. The van der Waals surface area contributed by atoms with Gasteiger partial charge in [-0.05, 0) is 54.5 Å². The standard InChI is InChI=1S/C13H12FNO.C11H16N4O/c14-10-5-4-9-6-12(8-2-1-3-8)15-13(16)11(9)7-10;1-12-11(16)10-3-2-9(8-14-10)15-6-4-13-5-7-15/h4-8H,1-3H2,(H,15,16);2-3,8,13H,4-7H2,1H3,(H,12,16). The summed E-state index contributed by atoms with van der Waals surface area (Å²) in [7, 11) is 1.61. The number of hydrogen-bond acceptors (Lipinski definition) is 5. The fraction of sp³-hybridized carbons (Fsp3) is 0.375. The molecule has 0 spiro atoms. The van der Waals surface area contributed by atoms with E-state index in [0.29, 0.717) is 17.0 Å². The van der Waals surface area contributed by atoms with Crippen molar-refractivity contribution in [3.05, 3.63) is 70.2 Å². The van der Waals surface area contributed by atoms with Gasteiger partial charge in [0.25, 0.3) is 11.5 Å². The van der Waals surface area contributed by atoms with E-state index >= 15 is 0 Å². The molecule has 2 aliphatic rings. The maximum atomic E-state index is 13.0. The van der Waals surface area contributed by atoms with Crippen LogP contribution in [0.5, 0.6) is 0 Å². The second-order valence-corrected chi connectivity index (χ2v) is 8.13. The van der Waals surface area contributed by atoms with Gasteiger partial charge >= 0.3 is 0 Å². The highest BCUT2D eigenvalue weighted by atomic mass is 19.1. The zero-order chi connectivity index (χ0) is 22.5. The highest BCUT2D eigenvalue weighted by Gasteiger charge is 2.21. The zero-order valence-corrected chi connectivity index (χ0v) is 18.2. The van der Waals surface area contributed by atoms with Crippen molar-refractivity contribution in [3.63, 3.8) is 0 Å². The lowest BCUT2D eigenvalue weighted by molar-refractivity contribution is 0.0958. The average molecular weight is 438 g/mol. The Hall–Kier alpha value is -3.26. The molecule has 1 aliphatic heterocycles. The molecule has 3 aromatic rings. The van der Waals surface area contributed by atoms with Crippen LogP contribution in [0.25, 0.3) is 10.8 Å². The Balaban J connectivity index is 0.000000153. The Kier molecular flexibility index (Phi) is 6.80. The number of aromatic amines is 1. The van der Waals surface area contributed by atoms with Gasteiger partial charge in [-0.3, -0.25) is 9.59 Å². The summed E-state index contributed by atoms with van der Waals surface area (Å²) < 4.78 is 13.0. The number of carbonyl (C=O) groups excluding carboxylic acids is 1. The maximum absolute atomic E-state index is 13.0. The van der Waals surface area contributed by atoms with Gasteiger partial charge in [0.2, 0.25) is 0 Å². The van der Waals surface area contributed by atoms with Gasteiger partial charge in [0.1, 0.15) is 11.5 Å². The molecule has 8 heteroatoms. The molecule has 3 heterocycles. The van der Waals surface area contributed by atoms with E-state index in [1.165, 1.54) is 18.6 Å². The van der Waals surface area contributed by atoms with Crippen LogP contribution in [-0.2, 0) is 0 Å². The van der Waals surface area contributed by atoms with Gasteiger partial charge in [-0.25, -0.2) is 9.37 Å². The monoisotopic (exact) mass is 437 g/mol. The van der Waals surface area contributed by atoms with Crippen molar-refractivity contribution >= 4 is 22.4 Å². The second kappa shape index (κ2) is 9.91. The molecule has 1 aliphatic carbocycles. The van der Waals surface area contributed by atoms with Gasteiger partial charge < -0.3 is 20.5 Å². The van der Waals surface area contributed by atoms with E-state index in [-0.39, 0.29) is 17.3 Å². The fourth-order valence-corrected chi connectivity index (χ4v) is 3.95. The van der Waals surface area contributed by atoms with Gasteiger partial charge in [0.05, 0.1) is 11.9 Å². The number of H-pyrrole nitrogens is 1. The molecule has 1 amide bonds. The lowest BCUT2D eigenvalue weighted by Gasteiger charge is -2.29. The van der Waals surface area contributed by atoms with E-state index in [1.54, 1.807) is 25.4 Å². The normalized spacial score (nSPS) is 16.1. The number of piperazine rings is 1. The second-order valence-electron chi connectivity index (χ2n) is 8.13. The molecule has 1 saturated carbocycles. The lowest BCUT2D eigenvalue weighted by Crippen LogP contribution is -2.43. The minimum Gasteiger partial charge on any atom is -0.368 e. The minimum absolute atomic E-state index is 0.146. The van der Waals surface area contributed by atoms with Crippen molar-refractivity contribution in [1.82, 2.24) is 20.6 Å². The van der Waals surface area contributed by atoms with Crippen molar-refractivity contribution in [1.29, 1.82) is 0 Å². The predicted molar refractivity (Wildman–Crippen MR) is 124 cm³/mol. The summed E-state index contributed by atoms with van der Waals surface area (Å²) in [4.78, 5) is 32.3. The van der Waals surface area contributed by atoms with Crippen LogP contribution in [-0.4, -0.2) is 49.1 Å². The molecule has 32 heavy (non-hydrogen) atoms. The predicted octanol–water partition coefficient (Wildman–Crippen LogP) is 2.79. The first-order chi connectivity index (χ1) is 15.5. The lowest BCUT2D eigenvalue weighted by atomic mass is 9.82. The third-order valence-electron chi connectivity index (χ3n) is 6.06. The number of carbonyl (C=O) groups is 1. The summed E-state index contributed by atoms with van der Waals surface area (Å²) in [6.07, 6.45) is 5.27. The zero-order valence-electron chi connectivity index (χ0n) is 18.2. The molecule has 168 valence electrons. The van der Waals surface area contributed by atoms with Crippen molar-refractivity contribution in [2.24, 2.45) is 0 Å². The minimum atomic E-state index is -0.366. The van der Waals surface area contributed by atoms with Crippen LogP contribution in [0.2, 0.25) is 0 Å². The number of nitrogens with one attached hydrogen (secondary N) is 3. The van der Waals surface area contributed by atoms with Crippen LogP contribution in [0.1, 0.15) is 41.4 Å². The fourth-order valence-electron chi connectivity index (χ4n) is 3.95. The van der Waals surface area contributed by atoms with Crippen molar-refractivity contribution < 1.29 is 9.18 Å². The molecular formula is C24H28FN5O2. The van der Waals surface area contributed by atoms with Crippen molar-refractivity contribution in [2.45, 2.75) is 25.2 Å². The first kappa shape index (κ1) is 22.0. The number of halogens is 1. The molecular weight excluding hydrogens is 409 g/mol. The Morgan fingerprint density at radius 2 is 1.94 bits per heavy atom. The number of benzene rings is 1. The van der Waals surface area contributed by atoms with Gasteiger partial charge in [0, 0.05) is 44.3 Å². The quantitative estimate of drug-likeness (QED) is 0.586. The van der Waals surface area contributed by atoms with Gasteiger partial charge in [-0.2, -0.15) is 0 Å². The van der Waals surface area contributed by atoms with Crippen LogP contribution in [0.15, 0.2) is 47.4 Å². The van der Waals surface area contributed by atoms with Crippen LogP contribution in [0.3, 0.4) is 0 Å². The SMILES string of the molecule is CNC(=O)c1ccc(N2CCNCC2)cn1.O=c1[nH]c(C2CCC2)cc2ccc(F)cc12. The van der Waals surface area contributed by atoms with Crippen LogP contribution >= 0.6 is 0 Å². The molecule has 2 fully saturated rings. The molecule has 7 nitrogen and oxygen atoms in total. The largest absolute Gasteiger partial charge is 0.368 e. The number of fused-ring (bicyclic) bond motifs is 1. The Labute approximate surface area is 186 Å². The Morgan fingerprint density at radius 1 is 1.16 bits per heavy atom. The number of aromatic nitrogens is 2. The first-order valence-electron chi connectivity index (χ1n) is 11.0. The molecule has 0 radical (unpaired) electrons. The van der Waals surface area contributed by atoms with Crippen LogP contribution in [0.4, 0.5) is 10.1 Å². The smallest absolute Gasteiger partial charge is 0.269 e. The summed E-state index contributed by atoms with van der Waals surface area (Å²) in [6, 6.07) is 10.0. The van der Waals surface area contributed by atoms with Gasteiger partial charge in [0.15, 0.2) is 0 Å². The van der Waals surface area contributed by atoms with E-state index in [9.17, 15) is 14.0 Å². The van der Waals surface area contributed by atoms with Crippen LogP contribution < -0.4 is 21.1 Å². The molecule has 3 N–H and O–H groups in total. The van der Waals surface area contributed by atoms with Gasteiger partial charge in [-0.15, -0.1) is 0 Å². The van der Waals surface area contributed by atoms with E-state index in [1.807, 2.05) is 12.1 Å². The number of nitrogens with zero attached hydrogens (tertiary/aromatic N) is 2. The highest BCUT2D eigenvalue weighted by molar-refractivity contribution is 5.92. The molecule has 0 unspecified atom stereocenters. The number of amides is 1. The van der Waals surface area contributed by atoms with Crippen LogP contribution in [0, 0.1) is 5.82 Å². The first-order valence-corrected chi connectivity index (χ1v) is 11.0. The van der Waals surface area contributed by atoms with E-state index in [0.717, 1.165) is 55.8 Å². The molecule has 0 bridgehead atoms. The van der Waals surface area contributed by atoms with Crippen molar-refractivity contribution in [2.75, 3.05) is 38.1 Å². The van der Waals surface area contributed by atoms with E-state index < -0.39 is 0 Å². The molecule has 1 saturated heterocycles. The summed E-state index contributed by atoms with van der Waals surface area (Å²) >= 11 is 0. The maximum Gasteiger partial charge on any atom is 0.269 e. The molecule has 0 atom stereocenters. The summed E-state index contributed by atoms with van der Waals surface area (Å²) in [5.41, 5.74) is 2.35. The topological polar surface area (TPSA) is 90.1 Å². The molecule has 5 rings (SSSR count). The number of rotatable bonds is 3. The Bertz CT molecular complexity index is 1140. The highest BCUT2D eigenvalue weighted by Crippen LogP contribution is 2.35. The summed E-state index contributed by atoms with van der Waals surface area (Å²) in [5, 5.41) is 7.11. The third-order valence-corrected chi connectivity index (χ3v) is 6.06. The summed E-state index contributed by atoms with van der Waals surface area (Å²) in [6.45, 7) is 3.97.